The van der Waals surface area contributed by atoms with Crippen LogP contribution in [0.3, 0.4) is 0 Å². The van der Waals surface area contributed by atoms with Gasteiger partial charge in [-0.15, -0.1) is 12.4 Å². The number of fused-ring (bicyclic) bond motifs is 1. The second-order valence-corrected chi connectivity index (χ2v) is 7.18. The third-order valence-electron chi connectivity index (χ3n) is 4.38. The van der Waals surface area contributed by atoms with Gasteiger partial charge in [-0.3, -0.25) is 0 Å². The number of aryl methyl sites for hydroxylation is 1. The first-order valence-electron chi connectivity index (χ1n) is 8.07. The van der Waals surface area contributed by atoms with Gasteiger partial charge in [0.15, 0.2) is 0 Å². The lowest BCUT2D eigenvalue weighted by Crippen LogP contribution is -2.36. The van der Waals surface area contributed by atoms with Crippen LogP contribution in [0.1, 0.15) is 32.2 Å². The average Bonchev–Trinajstić information content (AvgIpc) is 2.93. The predicted molar refractivity (Wildman–Crippen MR) is 109 cm³/mol. The number of rotatable bonds is 5. The van der Waals surface area contributed by atoms with Crippen molar-refractivity contribution < 1.29 is 0 Å². The summed E-state index contributed by atoms with van der Waals surface area (Å²) in [6.07, 6.45) is 0. The van der Waals surface area contributed by atoms with Gasteiger partial charge in [-0.25, -0.2) is 4.98 Å². The minimum absolute atomic E-state index is 0. The molecule has 1 heterocycles. The van der Waals surface area contributed by atoms with Gasteiger partial charge in [-0.05, 0) is 50.6 Å². The fourth-order valence-corrected chi connectivity index (χ4v) is 3.20. The maximum Gasteiger partial charge on any atom is 0.123 e. The maximum atomic E-state index is 6.16. The van der Waals surface area contributed by atoms with Crippen molar-refractivity contribution in [1.29, 1.82) is 0 Å². The first-order valence-corrected chi connectivity index (χ1v) is 8.82. The number of imidazole rings is 1. The van der Waals surface area contributed by atoms with E-state index in [0.29, 0.717) is 16.6 Å². The number of halogens is 3. The van der Waals surface area contributed by atoms with Gasteiger partial charge in [-0.2, -0.15) is 0 Å². The molecule has 0 aliphatic carbocycles. The van der Waals surface area contributed by atoms with E-state index in [0.717, 1.165) is 23.4 Å². The summed E-state index contributed by atoms with van der Waals surface area (Å²) in [6.45, 7) is 7.97. The third kappa shape index (κ3) is 4.12. The van der Waals surface area contributed by atoms with Gasteiger partial charge in [0.1, 0.15) is 5.82 Å². The molecule has 0 spiro atoms. The Morgan fingerprint density at radius 2 is 1.80 bits per heavy atom. The van der Waals surface area contributed by atoms with E-state index in [1.165, 1.54) is 5.52 Å². The van der Waals surface area contributed by atoms with Gasteiger partial charge < -0.3 is 9.88 Å². The largest absolute Gasteiger partial charge is 0.327 e. The van der Waals surface area contributed by atoms with Crippen LogP contribution >= 0.6 is 35.6 Å². The molecule has 0 amide bonds. The Morgan fingerprint density at radius 1 is 1.08 bits per heavy atom. The van der Waals surface area contributed by atoms with Crippen LogP contribution in [0.5, 0.6) is 0 Å². The van der Waals surface area contributed by atoms with Crippen LogP contribution in [0.15, 0.2) is 42.5 Å². The van der Waals surface area contributed by atoms with Gasteiger partial charge in [0, 0.05) is 12.1 Å². The van der Waals surface area contributed by atoms with Crippen molar-refractivity contribution in [3.05, 3.63) is 63.9 Å². The first-order chi connectivity index (χ1) is 11.4. The van der Waals surface area contributed by atoms with Crippen LogP contribution in [0.4, 0.5) is 0 Å². The van der Waals surface area contributed by atoms with E-state index in [-0.39, 0.29) is 17.9 Å². The summed E-state index contributed by atoms with van der Waals surface area (Å²) < 4.78 is 2.24. The fraction of sp³-hybridized carbons (Fsp3) is 0.316. The molecule has 3 nitrogen and oxygen atoms in total. The molecule has 25 heavy (non-hydrogen) atoms. The first kappa shape index (κ1) is 20.1. The summed E-state index contributed by atoms with van der Waals surface area (Å²) in [4.78, 5) is 4.77. The molecule has 0 saturated heterocycles. The Bertz CT molecular complexity index is 871. The highest BCUT2D eigenvalue weighted by Crippen LogP contribution is 2.28. The lowest BCUT2D eigenvalue weighted by Gasteiger charge is -2.27. The zero-order valence-corrected chi connectivity index (χ0v) is 16.8. The molecule has 0 radical (unpaired) electrons. The minimum Gasteiger partial charge on any atom is -0.327 e. The van der Waals surface area contributed by atoms with E-state index in [1.807, 2.05) is 30.3 Å². The summed E-state index contributed by atoms with van der Waals surface area (Å²) in [5.41, 5.74) is 3.05. The van der Waals surface area contributed by atoms with Crippen molar-refractivity contribution in [2.45, 2.75) is 39.4 Å². The number of hydrogen-bond donors (Lipinski definition) is 1. The number of nitrogens with zero attached hydrogens (tertiary/aromatic N) is 2. The van der Waals surface area contributed by atoms with Gasteiger partial charge in [0.2, 0.25) is 0 Å². The molecule has 134 valence electrons. The standard InChI is InChI=1S/C19H21Cl2N3.ClH/c1-4-24-17-8-6-5-7-16(17)23-18(24)12-22-19(2,3)13-9-10-14(20)15(21)11-13;/h5-11,22H,4,12H2,1-3H3;1H. The SMILES string of the molecule is CCn1c(CNC(C)(C)c2ccc(Cl)c(Cl)c2)nc2ccccc21.Cl. The molecular formula is C19H22Cl3N3. The number of benzene rings is 2. The predicted octanol–water partition coefficient (Wildman–Crippen LogP) is 5.81. The van der Waals surface area contributed by atoms with Crippen LogP contribution in [0, 0.1) is 0 Å². The second kappa shape index (κ2) is 7.96. The fourth-order valence-electron chi connectivity index (χ4n) is 2.90. The molecule has 3 aromatic rings. The molecular weight excluding hydrogens is 377 g/mol. The Labute approximate surface area is 164 Å². The lowest BCUT2D eigenvalue weighted by atomic mass is 9.94. The molecule has 0 atom stereocenters. The summed E-state index contributed by atoms with van der Waals surface area (Å²) in [6, 6.07) is 14.0. The lowest BCUT2D eigenvalue weighted by molar-refractivity contribution is 0.391. The highest BCUT2D eigenvalue weighted by molar-refractivity contribution is 6.42. The van der Waals surface area contributed by atoms with Crippen molar-refractivity contribution in [2.24, 2.45) is 0 Å². The van der Waals surface area contributed by atoms with E-state index in [9.17, 15) is 0 Å². The Kier molecular flexibility index (Phi) is 6.39. The molecule has 0 aliphatic rings. The van der Waals surface area contributed by atoms with Crippen molar-refractivity contribution in [3.63, 3.8) is 0 Å². The van der Waals surface area contributed by atoms with E-state index >= 15 is 0 Å². The highest BCUT2D eigenvalue weighted by Gasteiger charge is 2.22. The van der Waals surface area contributed by atoms with Gasteiger partial charge >= 0.3 is 0 Å². The molecule has 0 bridgehead atoms. The molecule has 0 unspecified atom stereocenters. The molecule has 1 aromatic heterocycles. The highest BCUT2D eigenvalue weighted by atomic mass is 35.5. The summed E-state index contributed by atoms with van der Waals surface area (Å²) in [5, 5.41) is 4.74. The number of para-hydroxylation sites is 2. The topological polar surface area (TPSA) is 29.9 Å². The Morgan fingerprint density at radius 3 is 2.48 bits per heavy atom. The van der Waals surface area contributed by atoms with E-state index in [2.05, 4.69) is 42.8 Å². The summed E-state index contributed by atoms with van der Waals surface area (Å²) in [7, 11) is 0. The van der Waals surface area contributed by atoms with E-state index in [1.54, 1.807) is 0 Å². The zero-order valence-electron chi connectivity index (χ0n) is 14.5. The average molecular weight is 399 g/mol. The van der Waals surface area contributed by atoms with Crippen molar-refractivity contribution in [1.82, 2.24) is 14.9 Å². The van der Waals surface area contributed by atoms with Crippen LogP contribution in [0.2, 0.25) is 10.0 Å². The molecule has 0 fully saturated rings. The summed E-state index contributed by atoms with van der Waals surface area (Å²) in [5.74, 6) is 1.03. The van der Waals surface area contributed by atoms with E-state index in [4.69, 9.17) is 28.2 Å². The number of aromatic nitrogens is 2. The van der Waals surface area contributed by atoms with E-state index < -0.39 is 0 Å². The van der Waals surface area contributed by atoms with Crippen LogP contribution in [-0.4, -0.2) is 9.55 Å². The summed E-state index contributed by atoms with van der Waals surface area (Å²) >= 11 is 12.2. The third-order valence-corrected chi connectivity index (χ3v) is 5.12. The molecule has 6 heteroatoms. The smallest absolute Gasteiger partial charge is 0.123 e. The molecule has 0 saturated carbocycles. The maximum absolute atomic E-state index is 6.16. The molecule has 3 rings (SSSR count). The molecule has 2 aromatic carbocycles. The van der Waals surface area contributed by atoms with Gasteiger partial charge in [0.25, 0.3) is 0 Å². The molecule has 0 aliphatic heterocycles. The molecule has 1 N–H and O–H groups in total. The van der Waals surface area contributed by atoms with Crippen molar-refractivity contribution >= 4 is 46.6 Å². The number of nitrogens with one attached hydrogen (secondary N) is 1. The van der Waals surface area contributed by atoms with Gasteiger partial charge in [-0.1, -0.05) is 41.4 Å². The van der Waals surface area contributed by atoms with Gasteiger partial charge in [0.05, 0.1) is 27.6 Å². The quantitative estimate of drug-likeness (QED) is 0.587. The van der Waals surface area contributed by atoms with Crippen LogP contribution in [-0.2, 0) is 18.6 Å². The van der Waals surface area contributed by atoms with Crippen molar-refractivity contribution in [2.75, 3.05) is 0 Å². The van der Waals surface area contributed by atoms with Crippen LogP contribution < -0.4 is 5.32 Å². The monoisotopic (exact) mass is 397 g/mol. The number of hydrogen-bond acceptors (Lipinski definition) is 2. The second-order valence-electron chi connectivity index (χ2n) is 6.37. The van der Waals surface area contributed by atoms with Crippen molar-refractivity contribution in [3.8, 4) is 0 Å². The Balaban J connectivity index is 0.00000225. The minimum atomic E-state index is -0.245. The normalized spacial score (nSPS) is 11.6. The zero-order chi connectivity index (χ0) is 17.3. The Hall–Kier alpha value is -1.26. The van der Waals surface area contributed by atoms with Crippen LogP contribution in [0.25, 0.3) is 11.0 Å².